The highest BCUT2D eigenvalue weighted by atomic mass is 35.5. The molecule has 2 N–H and O–H groups in total. The first-order valence-corrected chi connectivity index (χ1v) is 8.61. The van der Waals surface area contributed by atoms with Gasteiger partial charge in [0, 0.05) is 17.1 Å². The fourth-order valence-corrected chi connectivity index (χ4v) is 3.89. The topological polar surface area (TPSA) is 70.1 Å². The van der Waals surface area contributed by atoms with Gasteiger partial charge in [-0.2, -0.15) is 18.3 Å². The zero-order valence-electron chi connectivity index (χ0n) is 13.4. The number of rotatable bonds is 5. The number of primary amides is 1. The van der Waals surface area contributed by atoms with Gasteiger partial charge in [0.15, 0.2) is 5.69 Å². The van der Waals surface area contributed by atoms with E-state index < -0.39 is 17.8 Å². The number of aryl methyl sites for hydroxylation is 1. The van der Waals surface area contributed by atoms with Gasteiger partial charge < -0.3 is 10.5 Å². The number of hydrogen-bond donors (Lipinski definition) is 1. The van der Waals surface area contributed by atoms with E-state index in [1.165, 1.54) is 18.4 Å². The summed E-state index contributed by atoms with van der Waals surface area (Å²) in [5, 5.41) is 6.34. The Hall–Kier alpha value is -2.26. The highest BCUT2D eigenvalue weighted by molar-refractivity contribution is 7.17. The van der Waals surface area contributed by atoms with E-state index in [1.54, 1.807) is 17.5 Å². The number of aromatic nitrogens is 2. The van der Waals surface area contributed by atoms with Crippen LogP contribution in [0.15, 0.2) is 23.6 Å². The summed E-state index contributed by atoms with van der Waals surface area (Å²) in [5.41, 5.74) is 5.26. The Morgan fingerprint density at radius 3 is 2.73 bits per heavy atom. The molecule has 0 atom stereocenters. The van der Waals surface area contributed by atoms with Gasteiger partial charge in [0.05, 0.1) is 17.1 Å². The summed E-state index contributed by atoms with van der Waals surface area (Å²) in [4.78, 5) is 11.1. The molecule has 3 rings (SSSR count). The van der Waals surface area contributed by atoms with E-state index in [1.807, 2.05) is 0 Å². The molecule has 0 aliphatic carbocycles. The molecule has 1 aromatic carbocycles. The molecule has 3 aromatic rings. The molecule has 26 heavy (non-hydrogen) atoms. The van der Waals surface area contributed by atoms with E-state index in [0.717, 1.165) is 26.4 Å². The van der Waals surface area contributed by atoms with Crippen molar-refractivity contribution in [3.05, 3.63) is 45.6 Å². The van der Waals surface area contributed by atoms with Crippen LogP contribution >= 0.6 is 22.9 Å². The average Bonchev–Trinajstić information content (AvgIpc) is 3.08. The molecule has 0 fully saturated rings. The third kappa shape index (κ3) is 3.78. The maximum Gasteiger partial charge on any atom is 0.435 e. The van der Waals surface area contributed by atoms with Gasteiger partial charge in [-0.15, -0.1) is 11.3 Å². The Morgan fingerprint density at radius 1 is 1.38 bits per heavy atom. The Kier molecular flexibility index (Phi) is 4.85. The number of hydrogen-bond acceptors (Lipinski definition) is 4. The molecule has 0 unspecified atom stereocenters. The summed E-state index contributed by atoms with van der Waals surface area (Å²) in [6, 6.07) is 4.22. The van der Waals surface area contributed by atoms with Crippen molar-refractivity contribution < 1.29 is 22.7 Å². The Morgan fingerprint density at radius 2 is 2.12 bits per heavy atom. The van der Waals surface area contributed by atoms with Crippen molar-refractivity contribution in [3.63, 3.8) is 0 Å². The molecular weight excluding hydrogens is 391 g/mol. The van der Waals surface area contributed by atoms with Crippen molar-refractivity contribution in [2.45, 2.75) is 19.2 Å². The number of nitrogens with zero attached hydrogens (tertiary/aromatic N) is 2. The number of ether oxygens (including phenoxy) is 1. The third-order valence-corrected chi connectivity index (χ3v) is 4.97. The van der Waals surface area contributed by atoms with Gasteiger partial charge in [-0.1, -0.05) is 11.6 Å². The van der Waals surface area contributed by atoms with Crippen molar-refractivity contribution in [3.8, 4) is 5.75 Å². The van der Waals surface area contributed by atoms with Crippen molar-refractivity contribution >= 4 is 38.9 Å². The Labute approximate surface area is 155 Å². The fourth-order valence-electron chi connectivity index (χ4n) is 2.49. The van der Waals surface area contributed by atoms with E-state index >= 15 is 0 Å². The number of carbonyl (C=O) groups is 1. The molecule has 0 radical (unpaired) electrons. The summed E-state index contributed by atoms with van der Waals surface area (Å²) in [7, 11) is 1.42. The van der Waals surface area contributed by atoms with Crippen LogP contribution in [-0.2, 0) is 31.0 Å². The predicted molar refractivity (Wildman–Crippen MR) is 92.3 cm³/mol. The van der Waals surface area contributed by atoms with Gasteiger partial charge in [-0.3, -0.25) is 9.48 Å². The van der Waals surface area contributed by atoms with Crippen molar-refractivity contribution in [1.82, 2.24) is 9.78 Å². The number of thiophene rings is 1. The summed E-state index contributed by atoms with van der Waals surface area (Å²) < 4.78 is 45.6. The SMILES string of the molecule is Cn1nc(C(F)(F)F)cc1COc1cc(Cl)c2c(CC(N)=O)csc2c1. The molecule has 2 heterocycles. The molecule has 0 saturated heterocycles. The van der Waals surface area contributed by atoms with Crippen LogP contribution in [0.3, 0.4) is 0 Å². The molecule has 5 nitrogen and oxygen atoms in total. The monoisotopic (exact) mass is 403 g/mol. The number of amides is 1. The molecule has 2 aromatic heterocycles. The van der Waals surface area contributed by atoms with E-state index in [4.69, 9.17) is 22.1 Å². The van der Waals surface area contributed by atoms with Crippen molar-refractivity contribution in [1.29, 1.82) is 0 Å². The third-order valence-electron chi connectivity index (χ3n) is 3.70. The lowest BCUT2D eigenvalue weighted by Gasteiger charge is -2.08. The first-order chi connectivity index (χ1) is 12.1. The fraction of sp³-hybridized carbons (Fsp3) is 0.250. The first kappa shape index (κ1) is 18.5. The Balaban J connectivity index is 1.82. The molecule has 0 aliphatic heterocycles. The Bertz CT molecular complexity index is 981. The number of carbonyl (C=O) groups excluding carboxylic acids is 1. The minimum atomic E-state index is -4.51. The van der Waals surface area contributed by atoms with Gasteiger partial charge in [-0.25, -0.2) is 0 Å². The van der Waals surface area contributed by atoms with Crippen LogP contribution in [-0.4, -0.2) is 15.7 Å². The zero-order valence-corrected chi connectivity index (χ0v) is 15.0. The average molecular weight is 404 g/mol. The highest BCUT2D eigenvalue weighted by Gasteiger charge is 2.34. The summed E-state index contributed by atoms with van der Waals surface area (Å²) in [6.45, 7) is -0.0963. The quantitative estimate of drug-likeness (QED) is 0.702. The molecule has 10 heteroatoms. The lowest BCUT2D eigenvalue weighted by atomic mass is 10.1. The predicted octanol–water partition coefficient (Wildman–Crippen LogP) is 3.91. The summed E-state index contributed by atoms with van der Waals surface area (Å²) >= 11 is 7.66. The minimum Gasteiger partial charge on any atom is -0.487 e. The van der Waals surface area contributed by atoms with Crippen LogP contribution in [0.4, 0.5) is 13.2 Å². The largest absolute Gasteiger partial charge is 0.487 e. The van der Waals surface area contributed by atoms with Gasteiger partial charge in [0.1, 0.15) is 12.4 Å². The second kappa shape index (κ2) is 6.81. The lowest BCUT2D eigenvalue weighted by Crippen LogP contribution is -2.13. The van der Waals surface area contributed by atoms with Crippen molar-refractivity contribution in [2.75, 3.05) is 0 Å². The van der Waals surface area contributed by atoms with E-state index in [-0.39, 0.29) is 18.7 Å². The first-order valence-electron chi connectivity index (χ1n) is 7.36. The highest BCUT2D eigenvalue weighted by Crippen LogP contribution is 2.36. The van der Waals surface area contributed by atoms with E-state index in [9.17, 15) is 18.0 Å². The molecule has 0 aliphatic rings. The maximum absolute atomic E-state index is 12.7. The van der Waals surface area contributed by atoms with E-state index in [0.29, 0.717) is 10.8 Å². The van der Waals surface area contributed by atoms with Gasteiger partial charge >= 0.3 is 6.18 Å². The second-order valence-corrected chi connectivity index (χ2v) is 6.93. The van der Waals surface area contributed by atoms with Gasteiger partial charge in [0.2, 0.25) is 5.91 Å². The number of fused-ring (bicyclic) bond motifs is 1. The molecule has 1 amide bonds. The molecule has 0 saturated carbocycles. The van der Waals surface area contributed by atoms with Crippen LogP contribution in [0, 0.1) is 0 Å². The summed E-state index contributed by atoms with van der Waals surface area (Å²) in [5.74, 6) is -0.0532. The number of benzene rings is 1. The molecule has 138 valence electrons. The smallest absolute Gasteiger partial charge is 0.435 e. The number of alkyl halides is 3. The molecule has 0 bridgehead atoms. The second-order valence-electron chi connectivity index (χ2n) is 5.61. The lowest BCUT2D eigenvalue weighted by molar-refractivity contribution is -0.141. The van der Waals surface area contributed by atoms with Crippen molar-refractivity contribution in [2.24, 2.45) is 12.8 Å². The van der Waals surface area contributed by atoms with Crippen LogP contribution < -0.4 is 10.5 Å². The number of halogens is 4. The minimum absolute atomic E-state index is 0.0785. The number of nitrogens with two attached hydrogens (primary N) is 1. The normalized spacial score (nSPS) is 11.9. The molecular formula is C16H13ClF3N3O2S. The van der Waals surface area contributed by atoms with Crippen LogP contribution in [0.1, 0.15) is 17.0 Å². The summed E-state index contributed by atoms with van der Waals surface area (Å²) in [6.07, 6.45) is -4.43. The maximum atomic E-state index is 12.7. The van der Waals surface area contributed by atoms with E-state index in [2.05, 4.69) is 5.10 Å². The molecule has 0 spiro atoms. The van der Waals surface area contributed by atoms with Crippen LogP contribution in [0.2, 0.25) is 5.02 Å². The van der Waals surface area contributed by atoms with Crippen LogP contribution in [0.5, 0.6) is 5.75 Å². The van der Waals surface area contributed by atoms with Crippen LogP contribution in [0.25, 0.3) is 10.1 Å². The standard InChI is InChI=1S/C16H13ClF3N3O2S/c1-23-9(3-13(22-23)16(18,19)20)6-25-10-4-11(17)15-8(2-14(21)24)7-26-12(15)5-10/h3-5,7H,2,6H2,1H3,(H2,21,24). The van der Waals surface area contributed by atoms with Gasteiger partial charge in [-0.05, 0) is 29.1 Å². The zero-order chi connectivity index (χ0) is 19.1. The van der Waals surface area contributed by atoms with Gasteiger partial charge in [0.25, 0.3) is 0 Å².